The van der Waals surface area contributed by atoms with Gasteiger partial charge >= 0.3 is 0 Å². The van der Waals surface area contributed by atoms with Crippen LogP contribution >= 0.6 is 0 Å². The molecule has 1 aromatic rings. The van der Waals surface area contributed by atoms with Crippen LogP contribution in [0.4, 0.5) is 5.69 Å². The maximum Gasteiger partial charge on any atom is 0.270 e. The molecule has 1 aromatic carbocycles. The molecule has 2 atom stereocenters. The SMILES string of the molecule is Cc1ccc2c(c1)N(CC(CS(=O)(=O)O)S(=O)(=O)O)C(C)CC2. The van der Waals surface area contributed by atoms with E-state index in [4.69, 9.17) is 4.55 Å². The summed E-state index contributed by atoms with van der Waals surface area (Å²) in [4.78, 5) is 1.79. The highest BCUT2D eigenvalue weighted by molar-refractivity contribution is 7.90. The fourth-order valence-corrected chi connectivity index (χ4v) is 5.00. The van der Waals surface area contributed by atoms with Crippen molar-refractivity contribution in [1.82, 2.24) is 0 Å². The fraction of sp³-hybridized carbons (Fsp3) is 0.571. The van der Waals surface area contributed by atoms with Gasteiger partial charge in [-0.3, -0.25) is 9.11 Å². The monoisotopic (exact) mass is 363 g/mol. The quantitative estimate of drug-likeness (QED) is 0.758. The molecule has 1 aliphatic rings. The lowest BCUT2D eigenvalue weighted by molar-refractivity contribution is 0.451. The standard InChI is InChI=1S/C14H21NO6S2/c1-10-3-5-12-6-4-11(2)15(14(12)7-10)8-13(23(19,20)21)9-22(16,17)18/h3,5,7,11,13H,4,6,8-9H2,1-2H3,(H,16,17,18)(H,19,20,21). The number of nitrogens with zero attached hydrogens (tertiary/aromatic N) is 1. The van der Waals surface area contributed by atoms with E-state index in [1.54, 1.807) is 4.90 Å². The molecule has 0 radical (unpaired) electrons. The first-order valence-electron chi connectivity index (χ1n) is 7.25. The van der Waals surface area contributed by atoms with Gasteiger partial charge in [-0.2, -0.15) is 16.8 Å². The number of hydrogen-bond acceptors (Lipinski definition) is 5. The van der Waals surface area contributed by atoms with Gasteiger partial charge in [-0.05, 0) is 43.9 Å². The van der Waals surface area contributed by atoms with Crippen LogP contribution in [0.2, 0.25) is 0 Å². The summed E-state index contributed by atoms with van der Waals surface area (Å²) in [5.74, 6) is -1.03. The number of aryl methyl sites for hydroxylation is 2. The van der Waals surface area contributed by atoms with E-state index in [-0.39, 0.29) is 12.6 Å². The Bertz CT molecular complexity index is 787. The van der Waals surface area contributed by atoms with Crippen molar-refractivity contribution in [3.05, 3.63) is 29.3 Å². The first kappa shape index (κ1) is 18.2. The summed E-state index contributed by atoms with van der Waals surface area (Å²) in [5.41, 5.74) is 2.89. The van der Waals surface area contributed by atoms with Crippen molar-refractivity contribution in [2.24, 2.45) is 0 Å². The van der Waals surface area contributed by atoms with Gasteiger partial charge in [0.05, 0.1) is 5.75 Å². The van der Waals surface area contributed by atoms with Crippen LogP contribution in [0.15, 0.2) is 18.2 Å². The molecule has 0 amide bonds. The summed E-state index contributed by atoms with van der Waals surface area (Å²) >= 11 is 0. The van der Waals surface area contributed by atoms with E-state index in [9.17, 15) is 21.4 Å². The predicted octanol–water partition coefficient (Wildman–Crippen LogP) is 1.28. The molecule has 2 unspecified atom stereocenters. The van der Waals surface area contributed by atoms with E-state index in [2.05, 4.69) is 0 Å². The van der Waals surface area contributed by atoms with Crippen LogP contribution in [0.5, 0.6) is 0 Å². The molecule has 1 heterocycles. The van der Waals surface area contributed by atoms with Crippen molar-refractivity contribution < 1.29 is 25.9 Å². The van der Waals surface area contributed by atoms with Gasteiger partial charge in [0.2, 0.25) is 0 Å². The van der Waals surface area contributed by atoms with Gasteiger partial charge in [0.25, 0.3) is 20.2 Å². The van der Waals surface area contributed by atoms with E-state index in [1.807, 2.05) is 32.0 Å². The minimum absolute atomic E-state index is 0.00468. The molecule has 0 spiro atoms. The molecule has 0 bridgehead atoms. The normalized spacial score (nSPS) is 20.2. The number of anilines is 1. The van der Waals surface area contributed by atoms with Gasteiger partial charge in [0, 0.05) is 18.3 Å². The van der Waals surface area contributed by atoms with Gasteiger partial charge in [0.1, 0.15) is 5.25 Å². The summed E-state index contributed by atoms with van der Waals surface area (Å²) in [5, 5.41) is -1.61. The summed E-state index contributed by atoms with van der Waals surface area (Å²) in [6, 6.07) is 5.84. The molecule has 0 saturated carbocycles. The first-order valence-corrected chi connectivity index (χ1v) is 10.4. The first-order chi connectivity index (χ1) is 10.5. The molecule has 7 nitrogen and oxygen atoms in total. The second-order valence-electron chi connectivity index (χ2n) is 6.06. The van der Waals surface area contributed by atoms with E-state index in [0.717, 1.165) is 29.7 Å². The Balaban J connectivity index is 2.38. The average molecular weight is 363 g/mol. The van der Waals surface area contributed by atoms with Crippen LogP contribution in [-0.2, 0) is 26.7 Å². The topological polar surface area (TPSA) is 112 Å². The highest BCUT2D eigenvalue weighted by Gasteiger charge is 2.33. The maximum absolute atomic E-state index is 11.5. The second kappa shape index (κ2) is 6.39. The fourth-order valence-electron chi connectivity index (χ4n) is 2.88. The van der Waals surface area contributed by atoms with Crippen LogP contribution in [0.25, 0.3) is 0 Å². The minimum Gasteiger partial charge on any atom is -0.367 e. The van der Waals surface area contributed by atoms with E-state index >= 15 is 0 Å². The van der Waals surface area contributed by atoms with Crippen LogP contribution in [0, 0.1) is 6.92 Å². The zero-order valence-corrected chi connectivity index (χ0v) is 14.6. The lowest BCUT2D eigenvalue weighted by atomic mass is 9.95. The highest BCUT2D eigenvalue weighted by atomic mass is 32.2. The van der Waals surface area contributed by atoms with Crippen LogP contribution < -0.4 is 4.90 Å². The molecular formula is C14H21NO6S2. The molecule has 0 aliphatic carbocycles. The molecule has 23 heavy (non-hydrogen) atoms. The highest BCUT2D eigenvalue weighted by Crippen LogP contribution is 2.32. The molecule has 130 valence electrons. The van der Waals surface area contributed by atoms with Crippen molar-refractivity contribution in [2.75, 3.05) is 17.2 Å². The molecule has 2 rings (SSSR count). The van der Waals surface area contributed by atoms with Crippen LogP contribution in [-0.4, -0.2) is 49.5 Å². The molecule has 1 aliphatic heterocycles. The van der Waals surface area contributed by atoms with E-state index in [0.29, 0.717) is 0 Å². The number of benzene rings is 1. The Kier molecular flexibility index (Phi) is 5.05. The molecular weight excluding hydrogens is 342 g/mol. The van der Waals surface area contributed by atoms with Crippen molar-refractivity contribution >= 4 is 25.9 Å². The van der Waals surface area contributed by atoms with Gasteiger partial charge in [0.15, 0.2) is 0 Å². The maximum atomic E-state index is 11.5. The van der Waals surface area contributed by atoms with Crippen molar-refractivity contribution in [3.8, 4) is 0 Å². The van der Waals surface area contributed by atoms with Crippen LogP contribution in [0.1, 0.15) is 24.5 Å². The lowest BCUT2D eigenvalue weighted by Crippen LogP contribution is -2.46. The summed E-state index contributed by atoms with van der Waals surface area (Å²) in [6.45, 7) is 3.63. The number of fused-ring (bicyclic) bond motifs is 1. The second-order valence-corrected chi connectivity index (χ2v) is 9.25. The Morgan fingerprint density at radius 3 is 2.48 bits per heavy atom. The van der Waals surface area contributed by atoms with Gasteiger partial charge in [-0.1, -0.05) is 12.1 Å². The van der Waals surface area contributed by atoms with E-state index in [1.165, 1.54) is 0 Å². The molecule has 0 saturated heterocycles. The third-order valence-corrected chi connectivity index (χ3v) is 6.32. The number of rotatable bonds is 5. The third kappa shape index (κ3) is 4.66. The third-order valence-electron chi connectivity index (χ3n) is 4.13. The van der Waals surface area contributed by atoms with Crippen molar-refractivity contribution in [1.29, 1.82) is 0 Å². The zero-order valence-electron chi connectivity index (χ0n) is 13.0. The largest absolute Gasteiger partial charge is 0.367 e. The van der Waals surface area contributed by atoms with Crippen molar-refractivity contribution in [3.63, 3.8) is 0 Å². The predicted molar refractivity (Wildman–Crippen MR) is 88.1 cm³/mol. The Labute approximate surface area is 136 Å². The Hall–Kier alpha value is -1.16. The summed E-state index contributed by atoms with van der Waals surface area (Å²) in [6.07, 6.45) is 1.64. The van der Waals surface area contributed by atoms with Gasteiger partial charge in [-0.25, -0.2) is 0 Å². The Morgan fingerprint density at radius 1 is 1.26 bits per heavy atom. The molecule has 2 N–H and O–H groups in total. The zero-order chi connectivity index (χ0) is 17.4. The lowest BCUT2D eigenvalue weighted by Gasteiger charge is -2.38. The molecule has 0 aromatic heterocycles. The number of hydrogen-bond donors (Lipinski definition) is 2. The average Bonchev–Trinajstić information content (AvgIpc) is 2.38. The van der Waals surface area contributed by atoms with Crippen LogP contribution in [0.3, 0.4) is 0 Å². The minimum atomic E-state index is -4.61. The molecule has 9 heteroatoms. The summed E-state index contributed by atoms with van der Waals surface area (Å²) < 4.78 is 63.5. The summed E-state index contributed by atoms with van der Waals surface area (Å²) in [7, 11) is -9.14. The van der Waals surface area contributed by atoms with Gasteiger partial charge < -0.3 is 4.90 Å². The van der Waals surface area contributed by atoms with E-state index < -0.39 is 31.2 Å². The van der Waals surface area contributed by atoms with Crippen molar-refractivity contribution in [2.45, 2.75) is 38.0 Å². The Morgan fingerprint density at radius 2 is 1.91 bits per heavy atom. The molecule has 0 fully saturated rings. The smallest absolute Gasteiger partial charge is 0.270 e. The van der Waals surface area contributed by atoms with Gasteiger partial charge in [-0.15, -0.1) is 0 Å².